The fourth-order valence-electron chi connectivity index (χ4n) is 0.526. The summed E-state index contributed by atoms with van der Waals surface area (Å²) < 4.78 is 0. The van der Waals surface area contributed by atoms with E-state index in [1.54, 1.807) is 0 Å². The summed E-state index contributed by atoms with van der Waals surface area (Å²) in [5.74, 6) is -0.682. The molecule has 0 saturated carbocycles. The minimum Gasteiger partial charge on any atom is -0.481 e. The van der Waals surface area contributed by atoms with Crippen LogP contribution in [-0.4, -0.2) is 11.1 Å². The smallest absolute Gasteiger partial charge is 0.303 e. The molecule has 4 heteroatoms. The molecule has 0 heterocycles. The summed E-state index contributed by atoms with van der Waals surface area (Å²) in [5, 5.41) is 8.14. The number of aliphatic carboxylic acids is 1. The predicted octanol–water partition coefficient (Wildman–Crippen LogP) is 1.65. The number of carboxylic acids is 1. The Morgan fingerprint density at radius 3 is 2.10 bits per heavy atom. The van der Waals surface area contributed by atoms with Crippen LogP contribution in [0.5, 0.6) is 0 Å². The average Bonchev–Trinajstić information content (AvgIpc) is 1.66. The first-order chi connectivity index (χ1) is 3.77. The third-order valence-electron chi connectivity index (χ3n) is 0.994. The van der Waals surface area contributed by atoms with Gasteiger partial charge in [0.15, 0.2) is 0 Å². The number of hydrogen-bond acceptors (Lipinski definition) is 1. The van der Waals surface area contributed by atoms with E-state index in [0.29, 0.717) is 6.42 Å². The van der Waals surface area contributed by atoms with Crippen LogP contribution in [0.15, 0.2) is 0 Å². The molecule has 70 valence electrons. The van der Waals surface area contributed by atoms with Crippen molar-refractivity contribution in [2.45, 2.75) is 32.6 Å². The maximum Gasteiger partial charge on any atom is 0.303 e. The summed E-state index contributed by atoms with van der Waals surface area (Å²) in [7, 11) is 0. The Balaban J connectivity index is -0.000000245. The summed E-state index contributed by atoms with van der Waals surface area (Å²) in [6.07, 6.45) is 3.28. The predicted molar refractivity (Wildman–Crippen MR) is 31.8 cm³/mol. The van der Waals surface area contributed by atoms with Crippen molar-refractivity contribution >= 4 is 5.97 Å². The molecule has 10 heavy (non-hydrogen) atoms. The van der Waals surface area contributed by atoms with Gasteiger partial charge in [-0.05, 0) is 6.42 Å². The molecule has 0 atom stereocenters. The first-order valence-corrected chi connectivity index (χ1v) is 2.99. The summed E-state index contributed by atoms with van der Waals surface area (Å²) in [4.78, 5) is 9.87. The molecule has 0 bridgehead atoms. The van der Waals surface area contributed by atoms with Gasteiger partial charge >= 0.3 is 5.97 Å². The van der Waals surface area contributed by atoms with Gasteiger partial charge in [-0.15, -0.1) is 0 Å². The monoisotopic (exact) mass is 330 g/mol. The van der Waals surface area contributed by atoms with E-state index in [9.17, 15) is 4.79 Å². The Hall–Kier alpha value is 0.951. The van der Waals surface area contributed by atoms with Crippen LogP contribution in [0, 0.1) is 0 Å². The van der Waals surface area contributed by atoms with E-state index in [2.05, 4.69) is 6.92 Å². The van der Waals surface area contributed by atoms with E-state index in [0.717, 1.165) is 19.3 Å². The molecule has 0 amide bonds. The Morgan fingerprint density at radius 2 is 1.80 bits per heavy atom. The van der Waals surface area contributed by atoms with Gasteiger partial charge in [-0.1, -0.05) is 19.8 Å². The zero-order valence-corrected chi connectivity index (χ0v) is 8.75. The molecular weight excluding hydrogens is 320 g/mol. The van der Waals surface area contributed by atoms with Crippen LogP contribution < -0.4 is 0 Å². The van der Waals surface area contributed by atoms with Crippen molar-refractivity contribution in [3.63, 3.8) is 0 Å². The third-order valence-corrected chi connectivity index (χ3v) is 0.994. The summed E-state index contributed by atoms with van der Waals surface area (Å²) >= 11 is 0. The van der Waals surface area contributed by atoms with Crippen LogP contribution in [0.3, 0.4) is 0 Å². The fourth-order valence-corrected chi connectivity index (χ4v) is 0.526. The van der Waals surface area contributed by atoms with E-state index in [-0.39, 0.29) is 44.8 Å². The Morgan fingerprint density at radius 1 is 1.30 bits per heavy atom. The molecule has 0 aliphatic heterocycles. The van der Waals surface area contributed by atoms with Gasteiger partial charge in [-0.3, -0.25) is 4.79 Å². The Bertz CT molecular complexity index is 76.1. The maximum atomic E-state index is 9.87. The second kappa shape index (κ2) is 12.6. The van der Waals surface area contributed by atoms with Gasteiger partial charge in [0, 0.05) is 51.2 Å². The second-order valence-electron chi connectivity index (χ2n) is 1.85. The van der Waals surface area contributed by atoms with Crippen LogP contribution in [0.1, 0.15) is 32.6 Å². The molecule has 0 aromatic heterocycles. The van der Waals surface area contributed by atoms with Crippen molar-refractivity contribution in [1.82, 2.24) is 0 Å². The van der Waals surface area contributed by atoms with E-state index in [1.807, 2.05) is 0 Å². The van der Waals surface area contributed by atoms with Crippen LogP contribution in [0.25, 0.3) is 0 Å². The van der Waals surface area contributed by atoms with E-state index in [1.165, 1.54) is 0 Å². The molecule has 1 N–H and O–H groups in total. The molecule has 0 fully saturated rings. The molecule has 2 radical (unpaired) electrons. The van der Waals surface area contributed by atoms with Crippen LogP contribution in [0.4, 0.5) is 0 Å². The molecule has 0 rings (SSSR count). The van der Waals surface area contributed by atoms with E-state index >= 15 is 0 Å². The fraction of sp³-hybridized carbons (Fsp3) is 0.833. The molecule has 0 aliphatic carbocycles. The molecule has 0 saturated heterocycles. The van der Waals surface area contributed by atoms with Crippen LogP contribution >= 0.6 is 0 Å². The molecule has 2 nitrogen and oxygen atoms in total. The van der Waals surface area contributed by atoms with Crippen molar-refractivity contribution in [3.05, 3.63) is 0 Å². The molecule has 0 spiro atoms. The number of carboxylic acid groups (broad SMARTS) is 1. The molecule has 0 aromatic carbocycles. The average molecular weight is 332 g/mol. The Kier molecular flexibility index (Phi) is 21.6. The quantitative estimate of drug-likeness (QED) is 0.628. The van der Waals surface area contributed by atoms with Crippen molar-refractivity contribution in [1.29, 1.82) is 0 Å². The number of hydrogen-bond donors (Lipinski definition) is 1. The van der Waals surface area contributed by atoms with Gasteiger partial charge < -0.3 is 5.11 Å². The number of unbranched alkanes of at least 4 members (excludes halogenated alkanes) is 2. The summed E-state index contributed by atoms with van der Waals surface area (Å²) in [6.45, 7) is 2.06. The van der Waals surface area contributed by atoms with Crippen molar-refractivity contribution in [3.8, 4) is 0 Å². The molecule has 0 unspecified atom stereocenters. The Labute approximate surface area is 92.8 Å². The molecular formula is C6H12Ag2O2. The maximum absolute atomic E-state index is 9.87. The van der Waals surface area contributed by atoms with Gasteiger partial charge in [0.1, 0.15) is 0 Å². The van der Waals surface area contributed by atoms with Crippen molar-refractivity contribution < 1.29 is 54.7 Å². The number of rotatable bonds is 4. The standard InChI is InChI=1S/C6H12O2.2Ag/c1-2-3-4-5-6(7)8;;/h2-5H2,1H3,(H,7,8);;. The summed E-state index contributed by atoms with van der Waals surface area (Å²) in [5.41, 5.74) is 0. The first-order valence-electron chi connectivity index (χ1n) is 2.99. The minimum absolute atomic E-state index is 0. The van der Waals surface area contributed by atoms with Gasteiger partial charge in [-0.2, -0.15) is 0 Å². The SMILES string of the molecule is CCCCCC(=O)O.[Ag].[Ag]. The zero-order valence-electron chi connectivity index (χ0n) is 5.79. The van der Waals surface area contributed by atoms with E-state index in [4.69, 9.17) is 5.11 Å². The summed E-state index contributed by atoms with van der Waals surface area (Å²) in [6, 6.07) is 0. The molecule has 0 aliphatic rings. The van der Waals surface area contributed by atoms with E-state index < -0.39 is 5.97 Å². The topological polar surface area (TPSA) is 37.3 Å². The van der Waals surface area contributed by atoms with Crippen LogP contribution in [-0.2, 0) is 49.6 Å². The largest absolute Gasteiger partial charge is 0.481 e. The number of carbonyl (C=O) groups is 1. The first kappa shape index (κ1) is 17.2. The van der Waals surface area contributed by atoms with Crippen molar-refractivity contribution in [2.75, 3.05) is 0 Å². The van der Waals surface area contributed by atoms with Gasteiger partial charge in [0.2, 0.25) is 0 Å². The van der Waals surface area contributed by atoms with Crippen LogP contribution in [0.2, 0.25) is 0 Å². The molecule has 0 aromatic rings. The van der Waals surface area contributed by atoms with Gasteiger partial charge in [0.25, 0.3) is 0 Å². The third kappa shape index (κ3) is 16.0. The second-order valence-corrected chi connectivity index (χ2v) is 1.85. The van der Waals surface area contributed by atoms with Gasteiger partial charge in [-0.25, -0.2) is 0 Å². The minimum atomic E-state index is -0.682. The zero-order chi connectivity index (χ0) is 6.41. The van der Waals surface area contributed by atoms with Gasteiger partial charge in [0.05, 0.1) is 0 Å². The van der Waals surface area contributed by atoms with Crippen molar-refractivity contribution in [2.24, 2.45) is 0 Å². The normalized spacial score (nSPS) is 7.30.